The van der Waals surface area contributed by atoms with Crippen LogP contribution in [0.4, 0.5) is 0 Å². The average Bonchev–Trinajstić information content (AvgIpc) is 3.21. The van der Waals surface area contributed by atoms with Gasteiger partial charge in [0.2, 0.25) is 5.91 Å². The van der Waals surface area contributed by atoms with Gasteiger partial charge in [-0.3, -0.25) is 9.59 Å². The number of benzene rings is 2. The van der Waals surface area contributed by atoms with Crippen molar-refractivity contribution in [3.8, 4) is 5.69 Å². The third kappa shape index (κ3) is 4.95. The highest BCUT2D eigenvalue weighted by molar-refractivity contribution is 5.97. The average molecular weight is 405 g/mol. The molecule has 0 unspecified atom stereocenters. The number of hydrogen-bond acceptors (Lipinski definition) is 3. The van der Waals surface area contributed by atoms with Crippen molar-refractivity contribution in [3.63, 3.8) is 0 Å². The molecule has 2 aromatic carbocycles. The first-order chi connectivity index (χ1) is 14.5. The van der Waals surface area contributed by atoms with Crippen LogP contribution >= 0.6 is 0 Å². The van der Waals surface area contributed by atoms with Crippen LogP contribution in [-0.4, -0.2) is 39.6 Å². The summed E-state index contributed by atoms with van der Waals surface area (Å²) in [6.07, 6.45) is 2.22. The molecule has 3 rings (SSSR count). The Hall–Kier alpha value is -3.41. The van der Waals surface area contributed by atoms with Crippen molar-refractivity contribution in [2.24, 2.45) is 0 Å². The van der Waals surface area contributed by atoms with Crippen molar-refractivity contribution in [2.75, 3.05) is 13.1 Å². The number of hydrogen-bond donors (Lipinski definition) is 1. The van der Waals surface area contributed by atoms with E-state index in [9.17, 15) is 9.59 Å². The third-order valence-electron chi connectivity index (χ3n) is 5.08. The first-order valence-electron chi connectivity index (χ1n) is 10.3. The van der Waals surface area contributed by atoms with Crippen LogP contribution in [0.15, 0.2) is 60.8 Å². The molecule has 0 aliphatic carbocycles. The first kappa shape index (κ1) is 21.3. The predicted molar refractivity (Wildman–Crippen MR) is 118 cm³/mol. The summed E-state index contributed by atoms with van der Waals surface area (Å²) in [6, 6.07) is 17.8. The molecule has 2 amide bonds. The van der Waals surface area contributed by atoms with Crippen LogP contribution in [0.25, 0.3) is 5.69 Å². The molecule has 6 heteroatoms. The number of nitrogens with zero attached hydrogens (tertiary/aromatic N) is 3. The van der Waals surface area contributed by atoms with Gasteiger partial charge in [-0.25, -0.2) is 4.68 Å². The minimum Gasteiger partial charge on any atom is -0.343 e. The topological polar surface area (TPSA) is 67.2 Å². The maximum atomic E-state index is 12.8. The van der Waals surface area contributed by atoms with Crippen LogP contribution in [0.5, 0.6) is 0 Å². The number of likely N-dealkylation sites (N-methyl/N-ethyl adjacent to an activating group) is 1. The Labute approximate surface area is 177 Å². The number of nitrogens with one attached hydrogen (secondary N) is 1. The lowest BCUT2D eigenvalue weighted by Gasteiger charge is -2.21. The van der Waals surface area contributed by atoms with Gasteiger partial charge in [-0.2, -0.15) is 5.10 Å². The molecule has 156 valence electrons. The standard InChI is InChI=1S/C24H28N4O2/c1-4-22-21(15-26-28(22)20-13-11-18(3)12-14-20)24(30)25-16-23(29)27(5-2)17-19-9-7-6-8-10-19/h6-15H,4-5,16-17H2,1-3H3,(H,25,30). The Morgan fingerprint density at radius 2 is 1.73 bits per heavy atom. The van der Waals surface area contributed by atoms with E-state index in [1.54, 1.807) is 15.8 Å². The number of aryl methyl sites for hydroxylation is 1. The van der Waals surface area contributed by atoms with Crippen molar-refractivity contribution in [1.29, 1.82) is 0 Å². The van der Waals surface area contributed by atoms with Crippen LogP contribution in [-0.2, 0) is 17.8 Å². The van der Waals surface area contributed by atoms with Crippen LogP contribution in [0, 0.1) is 6.92 Å². The summed E-state index contributed by atoms with van der Waals surface area (Å²) in [4.78, 5) is 27.1. The molecule has 0 bridgehead atoms. The normalized spacial score (nSPS) is 10.6. The van der Waals surface area contributed by atoms with Gasteiger partial charge < -0.3 is 10.2 Å². The lowest BCUT2D eigenvalue weighted by atomic mass is 10.1. The lowest BCUT2D eigenvalue weighted by molar-refractivity contribution is -0.130. The van der Waals surface area contributed by atoms with E-state index in [1.807, 2.05) is 75.4 Å². The Balaban J connectivity index is 1.67. The monoisotopic (exact) mass is 404 g/mol. The minimum absolute atomic E-state index is 0.0433. The quantitative estimate of drug-likeness (QED) is 0.625. The molecule has 0 fully saturated rings. The van der Waals surface area contributed by atoms with Crippen molar-refractivity contribution in [1.82, 2.24) is 20.0 Å². The van der Waals surface area contributed by atoms with E-state index in [1.165, 1.54) is 0 Å². The molecule has 6 nitrogen and oxygen atoms in total. The number of rotatable bonds is 8. The Kier molecular flexibility index (Phi) is 7.01. The Morgan fingerprint density at radius 3 is 2.37 bits per heavy atom. The van der Waals surface area contributed by atoms with Gasteiger partial charge in [0.1, 0.15) is 0 Å². The third-order valence-corrected chi connectivity index (χ3v) is 5.08. The van der Waals surface area contributed by atoms with E-state index >= 15 is 0 Å². The molecule has 0 spiro atoms. The zero-order chi connectivity index (χ0) is 21.5. The van der Waals surface area contributed by atoms with E-state index in [0.717, 1.165) is 22.5 Å². The Morgan fingerprint density at radius 1 is 1.03 bits per heavy atom. The van der Waals surface area contributed by atoms with Gasteiger partial charge in [0.05, 0.1) is 29.7 Å². The molecule has 0 saturated heterocycles. The number of carbonyl (C=O) groups excluding carboxylic acids is 2. The summed E-state index contributed by atoms with van der Waals surface area (Å²) in [5, 5.41) is 7.17. The molecule has 1 N–H and O–H groups in total. The van der Waals surface area contributed by atoms with Gasteiger partial charge in [-0.05, 0) is 38.0 Å². The number of amides is 2. The SMILES string of the molecule is CCc1c(C(=O)NCC(=O)N(CC)Cc2ccccc2)cnn1-c1ccc(C)cc1. The lowest BCUT2D eigenvalue weighted by Crippen LogP contribution is -2.39. The maximum absolute atomic E-state index is 12.8. The van der Waals surface area contributed by atoms with Crippen molar-refractivity contribution in [2.45, 2.75) is 33.7 Å². The Bertz CT molecular complexity index is 994. The smallest absolute Gasteiger partial charge is 0.255 e. The fraction of sp³-hybridized carbons (Fsp3) is 0.292. The number of carbonyl (C=O) groups is 2. The highest BCUT2D eigenvalue weighted by atomic mass is 16.2. The molecule has 0 atom stereocenters. The molecular weight excluding hydrogens is 376 g/mol. The fourth-order valence-corrected chi connectivity index (χ4v) is 3.36. The van der Waals surface area contributed by atoms with E-state index < -0.39 is 0 Å². The molecular formula is C24H28N4O2. The van der Waals surface area contributed by atoms with Gasteiger partial charge in [0.25, 0.3) is 5.91 Å². The molecule has 30 heavy (non-hydrogen) atoms. The van der Waals surface area contributed by atoms with Crippen molar-refractivity contribution < 1.29 is 9.59 Å². The van der Waals surface area contributed by atoms with Crippen LogP contribution in [0.2, 0.25) is 0 Å². The van der Waals surface area contributed by atoms with Crippen LogP contribution in [0.1, 0.15) is 41.0 Å². The van der Waals surface area contributed by atoms with Crippen molar-refractivity contribution in [3.05, 3.63) is 83.2 Å². The highest BCUT2D eigenvalue weighted by Crippen LogP contribution is 2.16. The van der Waals surface area contributed by atoms with E-state index in [-0.39, 0.29) is 18.4 Å². The van der Waals surface area contributed by atoms with Crippen LogP contribution < -0.4 is 5.32 Å². The second-order valence-electron chi connectivity index (χ2n) is 7.18. The maximum Gasteiger partial charge on any atom is 0.255 e. The highest BCUT2D eigenvalue weighted by Gasteiger charge is 2.19. The number of aromatic nitrogens is 2. The first-order valence-corrected chi connectivity index (χ1v) is 10.3. The van der Waals surface area contributed by atoms with E-state index in [4.69, 9.17) is 0 Å². The predicted octanol–water partition coefficient (Wildman–Crippen LogP) is 3.52. The minimum atomic E-state index is -0.283. The summed E-state index contributed by atoms with van der Waals surface area (Å²) < 4.78 is 1.78. The van der Waals surface area contributed by atoms with Gasteiger partial charge in [0, 0.05) is 13.1 Å². The summed E-state index contributed by atoms with van der Waals surface area (Å²) >= 11 is 0. The molecule has 1 aromatic heterocycles. The molecule has 1 heterocycles. The summed E-state index contributed by atoms with van der Waals surface area (Å²) in [5.74, 6) is -0.395. The molecule has 3 aromatic rings. The van der Waals surface area contributed by atoms with Crippen LogP contribution in [0.3, 0.4) is 0 Å². The van der Waals surface area contributed by atoms with E-state index in [2.05, 4.69) is 10.4 Å². The van der Waals surface area contributed by atoms with Gasteiger partial charge >= 0.3 is 0 Å². The van der Waals surface area contributed by atoms with Gasteiger partial charge in [-0.1, -0.05) is 55.0 Å². The summed E-state index contributed by atoms with van der Waals surface area (Å²) in [5.41, 5.74) is 4.45. The van der Waals surface area contributed by atoms with Crippen molar-refractivity contribution >= 4 is 11.8 Å². The second kappa shape index (κ2) is 9.87. The fourth-order valence-electron chi connectivity index (χ4n) is 3.36. The molecule has 0 radical (unpaired) electrons. The second-order valence-corrected chi connectivity index (χ2v) is 7.18. The largest absolute Gasteiger partial charge is 0.343 e. The molecule has 0 saturated carbocycles. The summed E-state index contributed by atoms with van der Waals surface area (Å²) in [7, 11) is 0. The summed E-state index contributed by atoms with van der Waals surface area (Å²) in [6.45, 7) is 7.01. The van der Waals surface area contributed by atoms with E-state index in [0.29, 0.717) is 25.1 Å². The molecule has 0 aliphatic rings. The zero-order valence-electron chi connectivity index (χ0n) is 17.8. The molecule has 0 aliphatic heterocycles. The van der Waals surface area contributed by atoms with Gasteiger partial charge in [-0.15, -0.1) is 0 Å². The van der Waals surface area contributed by atoms with Gasteiger partial charge in [0.15, 0.2) is 0 Å². The zero-order valence-corrected chi connectivity index (χ0v) is 17.8.